The van der Waals surface area contributed by atoms with Gasteiger partial charge in [-0.1, -0.05) is 0 Å². The first-order valence-electron chi connectivity index (χ1n) is 15.7. The van der Waals surface area contributed by atoms with Crippen molar-refractivity contribution >= 4 is 18.1 Å². The molecule has 22 nitrogen and oxygen atoms in total. The topological polar surface area (TPSA) is 353 Å². The van der Waals surface area contributed by atoms with Crippen LogP contribution in [-0.4, -0.2) is 211 Å². The predicted octanol–water partition coefficient (Wildman–Crippen LogP) is -8.59. The van der Waals surface area contributed by atoms with E-state index in [9.17, 15) is 70.6 Å². The molecule has 19 atom stereocenters. The van der Waals surface area contributed by atoms with Gasteiger partial charge >= 0.3 is 0 Å². The summed E-state index contributed by atoms with van der Waals surface area (Å²) in [4.78, 5) is 36.0. The molecular formula is C28H48N2O20. The van der Waals surface area contributed by atoms with E-state index in [-0.39, 0.29) is 6.29 Å². The highest BCUT2D eigenvalue weighted by atomic mass is 16.8. The van der Waals surface area contributed by atoms with Gasteiger partial charge in [0.05, 0.1) is 25.9 Å². The van der Waals surface area contributed by atoms with Gasteiger partial charge in [-0.3, -0.25) is 9.59 Å². The van der Waals surface area contributed by atoms with Crippen LogP contribution in [-0.2, 0) is 42.8 Å². The Kier molecular flexibility index (Phi) is 15.8. The Labute approximate surface area is 285 Å². The first-order chi connectivity index (χ1) is 23.5. The van der Waals surface area contributed by atoms with E-state index in [1.54, 1.807) is 0 Å². The summed E-state index contributed by atoms with van der Waals surface area (Å²) in [6, 6.07) is -3.34. The van der Waals surface area contributed by atoms with Crippen LogP contribution in [0.25, 0.3) is 0 Å². The molecule has 13 N–H and O–H groups in total. The maximum atomic E-state index is 12.1. The molecule has 3 fully saturated rings. The van der Waals surface area contributed by atoms with E-state index < -0.39 is 148 Å². The van der Waals surface area contributed by atoms with Crippen molar-refractivity contribution in [2.75, 3.05) is 19.8 Å². The zero-order valence-electron chi connectivity index (χ0n) is 27.3. The van der Waals surface area contributed by atoms with Crippen LogP contribution in [0.1, 0.15) is 20.8 Å². The van der Waals surface area contributed by atoms with Gasteiger partial charge in [0.25, 0.3) is 0 Å². The molecule has 3 saturated heterocycles. The van der Waals surface area contributed by atoms with E-state index in [4.69, 9.17) is 28.4 Å². The number of ether oxygens (including phenoxy) is 6. The predicted molar refractivity (Wildman–Crippen MR) is 157 cm³/mol. The molecule has 0 spiro atoms. The van der Waals surface area contributed by atoms with Gasteiger partial charge in [0.2, 0.25) is 11.8 Å². The first-order valence-corrected chi connectivity index (χ1v) is 15.7. The Bertz CT molecular complexity index is 1110. The molecule has 0 aliphatic carbocycles. The fourth-order valence-electron chi connectivity index (χ4n) is 5.76. The van der Waals surface area contributed by atoms with Gasteiger partial charge in [-0.2, -0.15) is 0 Å². The van der Waals surface area contributed by atoms with Crippen molar-refractivity contribution < 1.29 is 99.0 Å². The van der Waals surface area contributed by atoms with Crippen LogP contribution < -0.4 is 10.6 Å². The molecular weight excluding hydrogens is 684 g/mol. The third-order valence-electron chi connectivity index (χ3n) is 8.52. The Morgan fingerprint density at radius 1 is 0.740 bits per heavy atom. The van der Waals surface area contributed by atoms with Crippen LogP contribution in [0.2, 0.25) is 0 Å². The number of hydrogen-bond acceptors (Lipinski definition) is 20. The SMILES string of the molecule is CC(=O)N[C@H]1[C@@H](O[C@H]2[C@@H](O)[C@@H](CO)O[C@@H](O[C@@H]([C@@H](O)[C@H](O)CO)[C@H](C=O)NC(C)=O)[C@@H]2O[C@@H]2O[C@@H](C)[C@@H](O)[C@@H](O)[C@@H]2O)O[C@H](CO)[C@H](O)[C@@H]1O. The van der Waals surface area contributed by atoms with Crippen molar-refractivity contribution in [2.45, 2.75) is 137 Å². The lowest BCUT2D eigenvalue weighted by Gasteiger charge is -2.50. The van der Waals surface area contributed by atoms with Gasteiger partial charge in [-0.15, -0.1) is 0 Å². The van der Waals surface area contributed by atoms with Gasteiger partial charge in [0.15, 0.2) is 18.9 Å². The van der Waals surface area contributed by atoms with E-state index in [2.05, 4.69) is 10.6 Å². The third kappa shape index (κ3) is 9.67. The summed E-state index contributed by atoms with van der Waals surface area (Å²) in [5.41, 5.74) is 0. The van der Waals surface area contributed by atoms with Gasteiger partial charge in [-0.25, -0.2) is 0 Å². The average Bonchev–Trinajstić information content (AvgIpc) is 3.08. The molecule has 3 rings (SSSR count). The van der Waals surface area contributed by atoms with E-state index in [1.165, 1.54) is 6.92 Å². The number of carbonyl (C=O) groups excluding carboxylic acids is 3. The van der Waals surface area contributed by atoms with Gasteiger partial charge in [-0.05, 0) is 6.92 Å². The second-order valence-electron chi connectivity index (χ2n) is 12.2. The number of carbonyl (C=O) groups is 3. The number of aliphatic hydroxyl groups is 11. The molecule has 0 aromatic heterocycles. The molecule has 0 bridgehead atoms. The lowest BCUT2D eigenvalue weighted by atomic mass is 9.94. The number of hydrogen-bond donors (Lipinski definition) is 13. The quantitative estimate of drug-likeness (QED) is 0.0695. The third-order valence-corrected chi connectivity index (χ3v) is 8.52. The summed E-state index contributed by atoms with van der Waals surface area (Å²) in [6.07, 6.45) is -31.0. The Balaban J connectivity index is 2.13. The largest absolute Gasteiger partial charge is 0.394 e. The molecule has 290 valence electrons. The fourth-order valence-corrected chi connectivity index (χ4v) is 5.76. The molecule has 22 heteroatoms. The zero-order chi connectivity index (χ0) is 37.6. The smallest absolute Gasteiger partial charge is 0.217 e. The summed E-state index contributed by atoms with van der Waals surface area (Å²) in [5.74, 6) is -1.55. The number of aliphatic hydroxyl groups excluding tert-OH is 11. The van der Waals surface area contributed by atoms with Crippen LogP contribution >= 0.6 is 0 Å². The van der Waals surface area contributed by atoms with Crippen molar-refractivity contribution in [1.82, 2.24) is 10.6 Å². The molecule has 3 aliphatic rings. The molecule has 0 aromatic rings. The molecule has 3 aliphatic heterocycles. The number of amides is 2. The normalized spacial score (nSPS) is 41.8. The highest BCUT2D eigenvalue weighted by Crippen LogP contribution is 2.34. The van der Waals surface area contributed by atoms with Gasteiger partial charge in [0.1, 0.15) is 97.7 Å². The van der Waals surface area contributed by atoms with E-state index in [0.717, 1.165) is 13.8 Å². The monoisotopic (exact) mass is 732 g/mol. The van der Waals surface area contributed by atoms with Gasteiger partial charge in [0, 0.05) is 13.8 Å². The highest BCUT2D eigenvalue weighted by Gasteiger charge is 2.55. The Hall–Kier alpha value is -2.07. The van der Waals surface area contributed by atoms with Crippen LogP contribution in [0.4, 0.5) is 0 Å². The molecule has 50 heavy (non-hydrogen) atoms. The van der Waals surface area contributed by atoms with Crippen molar-refractivity contribution in [3.05, 3.63) is 0 Å². The second-order valence-corrected chi connectivity index (χ2v) is 12.2. The lowest BCUT2D eigenvalue weighted by Crippen LogP contribution is -2.69. The van der Waals surface area contributed by atoms with Crippen molar-refractivity contribution in [2.24, 2.45) is 0 Å². The number of rotatable bonds is 15. The molecule has 2 amide bonds. The molecule has 0 radical (unpaired) electrons. The lowest BCUT2D eigenvalue weighted by molar-refractivity contribution is -0.391. The Morgan fingerprint density at radius 3 is 1.86 bits per heavy atom. The number of nitrogens with one attached hydrogen (secondary N) is 2. The van der Waals surface area contributed by atoms with Crippen molar-refractivity contribution in [1.29, 1.82) is 0 Å². The van der Waals surface area contributed by atoms with Crippen LogP contribution in [0.15, 0.2) is 0 Å². The van der Waals surface area contributed by atoms with Crippen molar-refractivity contribution in [3.63, 3.8) is 0 Å². The molecule has 0 aromatic carbocycles. The minimum atomic E-state index is -2.15. The van der Waals surface area contributed by atoms with E-state index in [0.29, 0.717) is 0 Å². The maximum Gasteiger partial charge on any atom is 0.217 e. The van der Waals surface area contributed by atoms with Crippen LogP contribution in [0.5, 0.6) is 0 Å². The number of aldehydes is 1. The fraction of sp³-hybridized carbons (Fsp3) is 0.893. The van der Waals surface area contributed by atoms with E-state index >= 15 is 0 Å². The highest BCUT2D eigenvalue weighted by molar-refractivity contribution is 5.77. The zero-order valence-corrected chi connectivity index (χ0v) is 27.3. The molecule has 0 unspecified atom stereocenters. The minimum absolute atomic E-state index is 0.119. The standard InChI is InChI=1S/C28H48N2O20/c1-8-16(38)21(43)22(44)27(45-8)50-25-24(49-26-15(30-10(3)36)20(42)18(40)13(6-33)46-26)19(41)14(7-34)47-28(25)48-23(17(39)12(37)5-32)11(4-31)29-9(2)35/h4,8,11-28,32-34,37-44H,5-7H2,1-3H3,(H,29,35)(H,30,36)/t8-,11-,12+,13+,14+,15+,16+,17-,18-,19-,20+,21+,22-,23+,24-,25+,26+,27-,28-/m0/s1. The second kappa shape index (κ2) is 18.6. The molecule has 3 heterocycles. The summed E-state index contributed by atoms with van der Waals surface area (Å²) in [5, 5.41) is 119. The van der Waals surface area contributed by atoms with Gasteiger partial charge < -0.3 is 100 Å². The van der Waals surface area contributed by atoms with Crippen LogP contribution in [0.3, 0.4) is 0 Å². The summed E-state index contributed by atoms with van der Waals surface area (Å²) in [7, 11) is 0. The minimum Gasteiger partial charge on any atom is -0.394 e. The molecule has 0 saturated carbocycles. The summed E-state index contributed by atoms with van der Waals surface area (Å²) < 4.78 is 34.6. The van der Waals surface area contributed by atoms with Crippen LogP contribution in [0, 0.1) is 0 Å². The van der Waals surface area contributed by atoms with Crippen molar-refractivity contribution in [3.8, 4) is 0 Å². The average molecular weight is 733 g/mol. The summed E-state index contributed by atoms with van der Waals surface area (Å²) in [6.45, 7) is 0.474. The van der Waals surface area contributed by atoms with E-state index in [1.807, 2.05) is 0 Å². The first kappa shape index (κ1) is 42.3. The maximum absolute atomic E-state index is 12.1. The summed E-state index contributed by atoms with van der Waals surface area (Å²) >= 11 is 0. The Morgan fingerprint density at radius 2 is 1.32 bits per heavy atom.